The molecular formula is C22H25N3O2S. The molecule has 2 aromatic carbocycles. The van der Waals surface area contributed by atoms with Gasteiger partial charge in [-0.15, -0.1) is 0 Å². The summed E-state index contributed by atoms with van der Waals surface area (Å²) in [5.74, 6) is -0.244. The predicted octanol–water partition coefficient (Wildman–Crippen LogP) is 3.59. The smallest absolute Gasteiger partial charge is 0.323 e. The van der Waals surface area contributed by atoms with Crippen molar-refractivity contribution >= 4 is 28.7 Å². The summed E-state index contributed by atoms with van der Waals surface area (Å²) in [5.41, 5.74) is 1.10. The highest BCUT2D eigenvalue weighted by Crippen LogP contribution is 2.21. The molecule has 2 atom stereocenters. The van der Waals surface area contributed by atoms with Crippen molar-refractivity contribution < 1.29 is 9.53 Å². The van der Waals surface area contributed by atoms with E-state index in [-0.39, 0.29) is 18.1 Å². The maximum atomic E-state index is 12.1. The summed E-state index contributed by atoms with van der Waals surface area (Å²) in [4.78, 5) is 17.4. The zero-order valence-electron chi connectivity index (χ0n) is 16.1. The van der Waals surface area contributed by atoms with Gasteiger partial charge in [-0.05, 0) is 54.4 Å². The van der Waals surface area contributed by atoms with Crippen LogP contribution < -0.4 is 10.0 Å². The fraction of sp³-hybridized carbons (Fsp3) is 0.273. The molecule has 1 heterocycles. The number of carbonyl (C=O) groups excluding carboxylic acids is 1. The number of pyridine rings is 1. The number of aromatic nitrogens is 1. The van der Waals surface area contributed by atoms with Gasteiger partial charge in [-0.25, -0.2) is 0 Å². The molecule has 0 aliphatic rings. The average molecular weight is 396 g/mol. The minimum atomic E-state index is -0.366. The summed E-state index contributed by atoms with van der Waals surface area (Å²) in [6, 6.07) is 18.1. The van der Waals surface area contributed by atoms with Crippen LogP contribution in [0, 0.1) is 0 Å². The van der Waals surface area contributed by atoms with Gasteiger partial charge in [-0.3, -0.25) is 14.5 Å². The standard InChI is InChI=1S/C22H25N3O2S/c1-16(25-28-20-9-8-19-15-23-11-10-18(19)13-20)14-24-21(22(26)27-2)12-17-6-4-3-5-7-17/h3-11,13,15-16,21,24-25H,12,14H2,1-2H3/t16-,21+/m1/s1. The molecule has 0 spiro atoms. The lowest BCUT2D eigenvalue weighted by molar-refractivity contribution is -0.143. The van der Waals surface area contributed by atoms with Crippen molar-refractivity contribution in [2.24, 2.45) is 0 Å². The lowest BCUT2D eigenvalue weighted by atomic mass is 10.1. The molecule has 5 nitrogen and oxygen atoms in total. The number of hydrogen-bond acceptors (Lipinski definition) is 6. The van der Waals surface area contributed by atoms with E-state index in [1.807, 2.05) is 42.6 Å². The Morgan fingerprint density at radius 2 is 1.96 bits per heavy atom. The molecule has 0 aliphatic carbocycles. The molecule has 2 N–H and O–H groups in total. The summed E-state index contributed by atoms with van der Waals surface area (Å²) in [6.07, 6.45) is 4.27. The highest BCUT2D eigenvalue weighted by molar-refractivity contribution is 7.97. The Labute approximate surface area is 170 Å². The van der Waals surface area contributed by atoms with E-state index in [2.05, 4.69) is 40.1 Å². The molecule has 0 unspecified atom stereocenters. The Morgan fingerprint density at radius 1 is 1.14 bits per heavy atom. The van der Waals surface area contributed by atoms with Gasteiger partial charge in [0.05, 0.1) is 7.11 Å². The van der Waals surface area contributed by atoms with Gasteiger partial charge < -0.3 is 10.1 Å². The van der Waals surface area contributed by atoms with Crippen molar-refractivity contribution in [3.8, 4) is 0 Å². The van der Waals surface area contributed by atoms with Gasteiger partial charge in [-0.1, -0.05) is 36.4 Å². The van der Waals surface area contributed by atoms with E-state index in [4.69, 9.17) is 4.74 Å². The van der Waals surface area contributed by atoms with Crippen LogP contribution in [0.4, 0.5) is 0 Å². The Bertz CT molecular complexity index is 904. The van der Waals surface area contributed by atoms with Gasteiger partial charge in [0.1, 0.15) is 6.04 Å². The third kappa shape index (κ3) is 5.79. The number of nitrogens with zero attached hydrogens (tertiary/aromatic N) is 1. The lowest BCUT2D eigenvalue weighted by Gasteiger charge is -2.20. The third-order valence-corrected chi connectivity index (χ3v) is 5.44. The maximum absolute atomic E-state index is 12.1. The first-order chi connectivity index (χ1) is 13.7. The van der Waals surface area contributed by atoms with Gasteiger partial charge in [-0.2, -0.15) is 0 Å². The number of esters is 1. The number of fused-ring (bicyclic) bond motifs is 1. The van der Waals surface area contributed by atoms with E-state index < -0.39 is 0 Å². The molecule has 0 saturated carbocycles. The van der Waals surface area contributed by atoms with Gasteiger partial charge in [0.25, 0.3) is 0 Å². The summed E-state index contributed by atoms with van der Waals surface area (Å²) in [5, 5.41) is 5.62. The van der Waals surface area contributed by atoms with Gasteiger partial charge in [0.15, 0.2) is 0 Å². The number of benzene rings is 2. The second kappa shape index (κ2) is 10.2. The number of hydrogen-bond donors (Lipinski definition) is 2. The Morgan fingerprint density at radius 3 is 2.75 bits per heavy atom. The largest absolute Gasteiger partial charge is 0.468 e. The molecule has 146 valence electrons. The summed E-state index contributed by atoms with van der Waals surface area (Å²) in [6.45, 7) is 2.74. The van der Waals surface area contributed by atoms with E-state index in [9.17, 15) is 4.79 Å². The second-order valence-corrected chi connectivity index (χ2v) is 7.59. The molecule has 0 radical (unpaired) electrons. The Kier molecular flexibility index (Phi) is 7.42. The number of carbonyl (C=O) groups is 1. The summed E-state index contributed by atoms with van der Waals surface area (Å²) < 4.78 is 8.38. The van der Waals surface area contributed by atoms with Crippen LogP contribution in [0.2, 0.25) is 0 Å². The van der Waals surface area contributed by atoms with Crippen LogP contribution in [-0.4, -0.2) is 36.7 Å². The van der Waals surface area contributed by atoms with Crippen LogP contribution in [0.1, 0.15) is 12.5 Å². The fourth-order valence-electron chi connectivity index (χ4n) is 2.89. The first kappa shape index (κ1) is 20.3. The topological polar surface area (TPSA) is 63.2 Å². The quantitative estimate of drug-likeness (QED) is 0.426. The van der Waals surface area contributed by atoms with E-state index in [1.54, 1.807) is 18.1 Å². The zero-order chi connectivity index (χ0) is 19.8. The van der Waals surface area contributed by atoms with E-state index in [0.717, 1.165) is 15.8 Å². The molecule has 0 saturated heterocycles. The van der Waals surface area contributed by atoms with Crippen molar-refractivity contribution in [3.63, 3.8) is 0 Å². The van der Waals surface area contributed by atoms with Crippen LogP contribution >= 0.6 is 11.9 Å². The average Bonchev–Trinajstić information content (AvgIpc) is 2.75. The monoisotopic (exact) mass is 395 g/mol. The molecular weight excluding hydrogens is 370 g/mol. The molecule has 0 fully saturated rings. The fourth-order valence-corrected chi connectivity index (χ4v) is 3.63. The normalized spacial score (nSPS) is 13.2. The highest BCUT2D eigenvalue weighted by Gasteiger charge is 2.19. The van der Waals surface area contributed by atoms with Crippen LogP contribution in [0.3, 0.4) is 0 Å². The number of ether oxygens (including phenoxy) is 1. The van der Waals surface area contributed by atoms with Crippen molar-refractivity contribution in [1.82, 2.24) is 15.0 Å². The Balaban J connectivity index is 1.52. The summed E-state index contributed by atoms with van der Waals surface area (Å²) >= 11 is 1.59. The zero-order valence-corrected chi connectivity index (χ0v) is 16.9. The van der Waals surface area contributed by atoms with Crippen molar-refractivity contribution in [1.29, 1.82) is 0 Å². The van der Waals surface area contributed by atoms with Crippen molar-refractivity contribution in [2.45, 2.75) is 30.3 Å². The minimum Gasteiger partial charge on any atom is -0.468 e. The summed E-state index contributed by atoms with van der Waals surface area (Å²) in [7, 11) is 1.43. The SMILES string of the molecule is COC(=O)[C@H](Cc1ccccc1)NC[C@@H](C)NSc1ccc2cnccc2c1. The van der Waals surface area contributed by atoms with Crippen molar-refractivity contribution in [3.05, 3.63) is 72.6 Å². The first-order valence-corrected chi connectivity index (χ1v) is 10.1. The third-order valence-electron chi connectivity index (χ3n) is 4.43. The second-order valence-electron chi connectivity index (χ2n) is 6.68. The molecule has 3 aromatic rings. The van der Waals surface area contributed by atoms with E-state index in [0.29, 0.717) is 13.0 Å². The molecule has 0 bridgehead atoms. The van der Waals surface area contributed by atoms with Crippen LogP contribution in [0.5, 0.6) is 0 Å². The van der Waals surface area contributed by atoms with Crippen molar-refractivity contribution in [2.75, 3.05) is 13.7 Å². The van der Waals surface area contributed by atoms with Gasteiger partial charge >= 0.3 is 5.97 Å². The van der Waals surface area contributed by atoms with Crippen LogP contribution in [0.25, 0.3) is 10.8 Å². The molecule has 28 heavy (non-hydrogen) atoms. The lowest BCUT2D eigenvalue weighted by Crippen LogP contribution is -2.44. The van der Waals surface area contributed by atoms with Gasteiger partial charge in [0.2, 0.25) is 0 Å². The molecule has 0 aliphatic heterocycles. The van der Waals surface area contributed by atoms with Crippen LogP contribution in [0.15, 0.2) is 71.9 Å². The molecule has 3 rings (SSSR count). The van der Waals surface area contributed by atoms with E-state index in [1.165, 1.54) is 12.5 Å². The number of rotatable bonds is 9. The highest BCUT2D eigenvalue weighted by atomic mass is 32.2. The first-order valence-electron chi connectivity index (χ1n) is 9.27. The van der Waals surface area contributed by atoms with E-state index >= 15 is 0 Å². The predicted molar refractivity (Wildman–Crippen MR) is 114 cm³/mol. The Hall–Kier alpha value is -2.41. The van der Waals surface area contributed by atoms with Crippen LogP contribution in [-0.2, 0) is 16.0 Å². The minimum absolute atomic E-state index is 0.168. The molecule has 6 heteroatoms. The molecule has 0 amide bonds. The number of nitrogens with one attached hydrogen (secondary N) is 2. The maximum Gasteiger partial charge on any atom is 0.323 e. The number of methoxy groups -OCH3 is 1. The van der Waals surface area contributed by atoms with Gasteiger partial charge in [0, 0.05) is 35.3 Å². The molecule has 1 aromatic heterocycles.